The Morgan fingerprint density at radius 2 is 2.25 bits per heavy atom. The Hall–Kier alpha value is -0.810. The van der Waals surface area contributed by atoms with Crippen LogP contribution in [0.3, 0.4) is 0 Å². The van der Waals surface area contributed by atoms with E-state index in [4.69, 9.17) is 25.8 Å². The Balaban J connectivity index is 1.72. The minimum atomic E-state index is -0.646. The van der Waals surface area contributed by atoms with Gasteiger partial charge in [-0.1, -0.05) is 0 Å². The fourth-order valence-electron chi connectivity index (χ4n) is 4.11. The van der Waals surface area contributed by atoms with Crippen molar-refractivity contribution in [2.75, 3.05) is 5.88 Å². The fourth-order valence-corrected chi connectivity index (χ4v) is 4.17. The predicted molar refractivity (Wildman–Crippen MR) is 70.0 cm³/mol. The summed E-state index contributed by atoms with van der Waals surface area (Å²) in [6.45, 7) is 1.70. The lowest BCUT2D eigenvalue weighted by Crippen LogP contribution is -2.49. The van der Waals surface area contributed by atoms with Crippen molar-refractivity contribution in [3.63, 3.8) is 0 Å². The lowest BCUT2D eigenvalue weighted by atomic mass is 9.65. The molecule has 0 N–H and O–H groups in total. The van der Waals surface area contributed by atoms with E-state index in [0.717, 1.165) is 19.3 Å². The van der Waals surface area contributed by atoms with Crippen LogP contribution in [0, 0.1) is 11.8 Å². The van der Waals surface area contributed by atoms with E-state index in [9.17, 15) is 9.59 Å². The molecule has 0 radical (unpaired) electrons. The van der Waals surface area contributed by atoms with E-state index < -0.39 is 17.9 Å². The van der Waals surface area contributed by atoms with Gasteiger partial charge in [-0.05, 0) is 38.5 Å². The van der Waals surface area contributed by atoms with Gasteiger partial charge in [0.15, 0.2) is 0 Å². The number of carbonyl (C=O) groups excluding carboxylic acids is 2. The average molecular weight is 303 g/mol. The SMILES string of the molecule is CC(OC(=O)CCl)OC12CC3CC(C1)OC(=O)C(C3)C2. The first-order valence-electron chi connectivity index (χ1n) is 7.13. The van der Waals surface area contributed by atoms with E-state index in [1.165, 1.54) is 0 Å². The zero-order valence-corrected chi connectivity index (χ0v) is 12.2. The second-order valence-corrected chi connectivity index (χ2v) is 6.46. The predicted octanol–water partition coefficient (Wildman–Crippen LogP) is 2.01. The summed E-state index contributed by atoms with van der Waals surface area (Å²) < 4.78 is 16.6. The number of carbonyl (C=O) groups is 2. The molecule has 6 heteroatoms. The number of rotatable bonds is 4. The molecule has 20 heavy (non-hydrogen) atoms. The van der Waals surface area contributed by atoms with Crippen molar-refractivity contribution >= 4 is 23.5 Å². The third kappa shape index (κ3) is 2.66. The van der Waals surface area contributed by atoms with Crippen LogP contribution in [0.1, 0.15) is 39.0 Å². The second kappa shape index (κ2) is 5.19. The molecular weight excluding hydrogens is 284 g/mol. The molecule has 4 aliphatic rings. The molecule has 0 amide bonds. The Kier molecular flexibility index (Phi) is 3.67. The van der Waals surface area contributed by atoms with Crippen LogP contribution < -0.4 is 0 Å². The van der Waals surface area contributed by atoms with Crippen molar-refractivity contribution in [2.24, 2.45) is 11.8 Å². The third-order valence-electron chi connectivity index (χ3n) is 4.53. The minimum absolute atomic E-state index is 0.0512. The van der Waals surface area contributed by atoms with Crippen LogP contribution in [0.5, 0.6) is 0 Å². The van der Waals surface area contributed by atoms with Crippen molar-refractivity contribution in [3.8, 4) is 0 Å². The summed E-state index contributed by atoms with van der Waals surface area (Å²) in [5.74, 6) is -0.370. The highest BCUT2D eigenvalue weighted by Crippen LogP contribution is 2.51. The van der Waals surface area contributed by atoms with Crippen LogP contribution in [-0.2, 0) is 23.8 Å². The molecule has 0 aromatic rings. The van der Waals surface area contributed by atoms with E-state index in [1.54, 1.807) is 6.92 Å². The van der Waals surface area contributed by atoms with E-state index >= 15 is 0 Å². The Morgan fingerprint density at radius 3 is 3.00 bits per heavy atom. The topological polar surface area (TPSA) is 61.8 Å². The highest BCUT2D eigenvalue weighted by atomic mass is 35.5. The van der Waals surface area contributed by atoms with Crippen molar-refractivity contribution in [1.82, 2.24) is 0 Å². The maximum absolute atomic E-state index is 11.9. The van der Waals surface area contributed by atoms with Gasteiger partial charge in [-0.25, -0.2) is 0 Å². The van der Waals surface area contributed by atoms with E-state index in [0.29, 0.717) is 18.8 Å². The number of esters is 2. The summed E-state index contributed by atoms with van der Waals surface area (Å²) in [6, 6.07) is 0. The molecule has 2 aliphatic heterocycles. The van der Waals surface area contributed by atoms with Crippen molar-refractivity contribution < 1.29 is 23.8 Å². The van der Waals surface area contributed by atoms with Gasteiger partial charge in [0.25, 0.3) is 0 Å². The molecule has 2 heterocycles. The van der Waals surface area contributed by atoms with Crippen LogP contribution in [0.25, 0.3) is 0 Å². The van der Waals surface area contributed by atoms with Crippen molar-refractivity contribution in [2.45, 2.75) is 57.0 Å². The quantitative estimate of drug-likeness (QED) is 0.451. The molecule has 4 rings (SSSR count). The molecule has 5 nitrogen and oxygen atoms in total. The van der Waals surface area contributed by atoms with Gasteiger partial charge in [0.1, 0.15) is 12.0 Å². The first kappa shape index (κ1) is 14.1. The van der Waals surface area contributed by atoms with Gasteiger partial charge in [0, 0.05) is 6.42 Å². The molecule has 0 spiro atoms. The third-order valence-corrected chi connectivity index (χ3v) is 4.75. The number of fused-ring (bicyclic) bond motifs is 1. The minimum Gasteiger partial charge on any atom is -0.462 e. The first-order valence-corrected chi connectivity index (χ1v) is 7.67. The zero-order valence-electron chi connectivity index (χ0n) is 11.5. The molecule has 4 fully saturated rings. The molecule has 5 unspecified atom stereocenters. The van der Waals surface area contributed by atoms with E-state index in [1.807, 2.05) is 0 Å². The maximum Gasteiger partial charge on any atom is 0.323 e. The van der Waals surface area contributed by atoms with Crippen LogP contribution in [-0.4, -0.2) is 35.8 Å². The van der Waals surface area contributed by atoms with Gasteiger partial charge in [0.2, 0.25) is 6.29 Å². The standard InChI is InChI=1S/C14H19ClO5/c1-8(18-12(16)7-15)20-14-4-9-2-10(5-14)13(17)19-11(3-9)6-14/h8-11H,2-7H2,1H3. The lowest BCUT2D eigenvalue weighted by Gasteiger charge is -2.46. The maximum atomic E-state index is 11.9. The summed E-state index contributed by atoms with van der Waals surface area (Å²) in [7, 11) is 0. The largest absolute Gasteiger partial charge is 0.462 e. The smallest absolute Gasteiger partial charge is 0.323 e. The summed E-state index contributed by atoms with van der Waals surface area (Å²) in [5, 5.41) is 0. The van der Waals surface area contributed by atoms with Gasteiger partial charge in [0.05, 0.1) is 11.5 Å². The summed E-state index contributed by atoms with van der Waals surface area (Å²) in [6.07, 6.45) is 3.42. The number of hydrogen-bond acceptors (Lipinski definition) is 5. The second-order valence-electron chi connectivity index (χ2n) is 6.20. The van der Waals surface area contributed by atoms with Crippen LogP contribution >= 0.6 is 11.6 Å². The Labute approximate surface area is 122 Å². The van der Waals surface area contributed by atoms with Crippen molar-refractivity contribution in [3.05, 3.63) is 0 Å². The van der Waals surface area contributed by atoms with Crippen molar-refractivity contribution in [1.29, 1.82) is 0 Å². The molecule has 2 saturated heterocycles. The number of halogens is 1. The van der Waals surface area contributed by atoms with Crippen LogP contribution in [0.2, 0.25) is 0 Å². The van der Waals surface area contributed by atoms with E-state index in [-0.39, 0.29) is 23.9 Å². The van der Waals surface area contributed by atoms with Gasteiger partial charge >= 0.3 is 11.9 Å². The highest BCUT2D eigenvalue weighted by Gasteiger charge is 2.54. The Bertz CT molecular complexity index is 426. The van der Waals surface area contributed by atoms with Crippen LogP contribution in [0.15, 0.2) is 0 Å². The Morgan fingerprint density at radius 1 is 1.45 bits per heavy atom. The zero-order chi connectivity index (χ0) is 14.3. The molecule has 0 aromatic heterocycles. The first-order chi connectivity index (χ1) is 9.49. The monoisotopic (exact) mass is 302 g/mol. The molecular formula is C14H19ClO5. The van der Waals surface area contributed by atoms with E-state index in [2.05, 4.69) is 0 Å². The number of alkyl halides is 1. The molecule has 112 valence electrons. The summed E-state index contributed by atoms with van der Waals surface area (Å²) >= 11 is 5.42. The normalized spacial score (nSPS) is 40.1. The molecule has 2 saturated carbocycles. The average Bonchev–Trinajstić information content (AvgIpc) is 2.51. The highest BCUT2D eigenvalue weighted by molar-refractivity contribution is 6.26. The number of hydrogen-bond donors (Lipinski definition) is 0. The molecule has 5 atom stereocenters. The molecule has 4 bridgehead atoms. The molecule has 0 aromatic carbocycles. The van der Waals surface area contributed by atoms with Gasteiger partial charge in [-0.2, -0.15) is 0 Å². The number of ether oxygens (including phenoxy) is 3. The van der Waals surface area contributed by atoms with Gasteiger partial charge < -0.3 is 14.2 Å². The lowest BCUT2D eigenvalue weighted by molar-refractivity contribution is -0.228. The van der Waals surface area contributed by atoms with Gasteiger partial charge in [-0.3, -0.25) is 9.59 Å². The molecule has 2 aliphatic carbocycles. The summed E-state index contributed by atoms with van der Waals surface area (Å²) in [4.78, 5) is 23.1. The fraction of sp³-hybridized carbons (Fsp3) is 0.857. The van der Waals surface area contributed by atoms with Crippen LogP contribution in [0.4, 0.5) is 0 Å². The van der Waals surface area contributed by atoms with Gasteiger partial charge in [-0.15, -0.1) is 11.6 Å². The summed E-state index contributed by atoms with van der Waals surface area (Å²) in [5.41, 5.74) is -0.394.